The van der Waals surface area contributed by atoms with Crippen LogP contribution in [0.5, 0.6) is 0 Å². The average molecular weight is 287 g/mol. The molecular formula is C15H17N3O3. The summed E-state index contributed by atoms with van der Waals surface area (Å²) in [6.45, 7) is 1.00. The number of aliphatic hydroxyl groups excluding tert-OH is 1. The Morgan fingerprint density at radius 1 is 1.24 bits per heavy atom. The van der Waals surface area contributed by atoms with Crippen LogP contribution in [0.2, 0.25) is 0 Å². The number of aromatic nitrogens is 2. The van der Waals surface area contributed by atoms with Crippen LogP contribution < -0.4 is 5.32 Å². The summed E-state index contributed by atoms with van der Waals surface area (Å²) in [6.07, 6.45) is 4.44. The zero-order valence-electron chi connectivity index (χ0n) is 11.6. The smallest absolute Gasteiger partial charge is 0.251 e. The third-order valence-electron chi connectivity index (χ3n) is 3.86. The number of ether oxygens (including phenoxy) is 1. The van der Waals surface area contributed by atoms with Crippen LogP contribution in [0.1, 0.15) is 23.2 Å². The van der Waals surface area contributed by atoms with E-state index in [9.17, 15) is 9.90 Å². The molecule has 0 radical (unpaired) electrons. The van der Waals surface area contributed by atoms with Crippen LogP contribution in [0.3, 0.4) is 0 Å². The van der Waals surface area contributed by atoms with Gasteiger partial charge in [-0.15, -0.1) is 0 Å². The van der Waals surface area contributed by atoms with Crippen LogP contribution in [-0.4, -0.2) is 46.3 Å². The van der Waals surface area contributed by atoms with Crippen LogP contribution in [-0.2, 0) is 4.74 Å². The molecule has 0 atom stereocenters. The molecule has 1 amide bonds. The minimum absolute atomic E-state index is 0.0878. The maximum atomic E-state index is 12.4. The van der Waals surface area contributed by atoms with E-state index >= 15 is 0 Å². The number of nitrogens with one attached hydrogen (secondary N) is 1. The molecule has 0 bridgehead atoms. The lowest BCUT2D eigenvalue weighted by Crippen LogP contribution is -2.54. The first kappa shape index (κ1) is 13.9. The van der Waals surface area contributed by atoms with E-state index in [2.05, 4.69) is 15.3 Å². The van der Waals surface area contributed by atoms with Crippen LogP contribution in [0.25, 0.3) is 11.0 Å². The summed E-state index contributed by atoms with van der Waals surface area (Å²) in [7, 11) is 0. The van der Waals surface area contributed by atoms with Gasteiger partial charge in [0, 0.05) is 31.2 Å². The van der Waals surface area contributed by atoms with Crippen molar-refractivity contribution in [3.8, 4) is 0 Å². The number of nitrogens with zero attached hydrogens (tertiary/aromatic N) is 2. The van der Waals surface area contributed by atoms with Crippen molar-refractivity contribution in [1.82, 2.24) is 15.3 Å². The van der Waals surface area contributed by atoms with Gasteiger partial charge in [-0.1, -0.05) is 0 Å². The van der Waals surface area contributed by atoms with E-state index in [1.165, 1.54) is 0 Å². The summed E-state index contributed by atoms with van der Waals surface area (Å²) in [5.41, 5.74) is 1.35. The lowest BCUT2D eigenvalue weighted by molar-refractivity contribution is 0.0125. The molecule has 110 valence electrons. The van der Waals surface area contributed by atoms with Crippen LogP contribution >= 0.6 is 0 Å². The molecule has 21 heavy (non-hydrogen) atoms. The molecule has 1 aromatic heterocycles. The largest absolute Gasteiger partial charge is 0.394 e. The van der Waals surface area contributed by atoms with Crippen molar-refractivity contribution < 1.29 is 14.6 Å². The predicted octanol–water partition coefficient (Wildman–Crippen LogP) is 0.901. The van der Waals surface area contributed by atoms with Crippen molar-refractivity contribution in [3.05, 3.63) is 36.2 Å². The second-order valence-electron chi connectivity index (χ2n) is 5.26. The molecule has 2 N–H and O–H groups in total. The quantitative estimate of drug-likeness (QED) is 0.876. The second-order valence-corrected chi connectivity index (χ2v) is 5.26. The number of carbonyl (C=O) groups is 1. The van der Waals surface area contributed by atoms with Gasteiger partial charge in [0.25, 0.3) is 5.91 Å². The van der Waals surface area contributed by atoms with E-state index < -0.39 is 5.54 Å². The Bertz CT molecular complexity index is 653. The van der Waals surface area contributed by atoms with Crippen molar-refractivity contribution in [2.24, 2.45) is 0 Å². The number of aliphatic hydroxyl groups is 1. The zero-order chi connectivity index (χ0) is 14.7. The van der Waals surface area contributed by atoms with Gasteiger partial charge in [0.15, 0.2) is 0 Å². The van der Waals surface area contributed by atoms with E-state index in [-0.39, 0.29) is 12.5 Å². The first-order valence-electron chi connectivity index (χ1n) is 6.94. The van der Waals surface area contributed by atoms with Crippen LogP contribution in [0.15, 0.2) is 30.6 Å². The van der Waals surface area contributed by atoms with Gasteiger partial charge in [-0.05, 0) is 31.0 Å². The maximum Gasteiger partial charge on any atom is 0.251 e. The zero-order valence-corrected chi connectivity index (χ0v) is 11.6. The Hall–Kier alpha value is -2.05. The van der Waals surface area contributed by atoms with Crippen molar-refractivity contribution >= 4 is 16.9 Å². The lowest BCUT2D eigenvalue weighted by Gasteiger charge is -2.36. The second kappa shape index (κ2) is 5.75. The number of benzene rings is 1. The first-order valence-corrected chi connectivity index (χ1v) is 6.94. The van der Waals surface area contributed by atoms with Gasteiger partial charge in [-0.25, -0.2) is 0 Å². The molecule has 2 aromatic rings. The van der Waals surface area contributed by atoms with Gasteiger partial charge in [0.1, 0.15) is 0 Å². The number of fused-ring (bicyclic) bond motifs is 1. The van der Waals surface area contributed by atoms with Gasteiger partial charge in [-0.2, -0.15) is 0 Å². The molecule has 0 unspecified atom stereocenters. The highest BCUT2D eigenvalue weighted by molar-refractivity contribution is 5.97. The third kappa shape index (κ3) is 2.86. The van der Waals surface area contributed by atoms with E-state index in [0.717, 1.165) is 5.52 Å². The number of rotatable bonds is 3. The summed E-state index contributed by atoms with van der Waals surface area (Å²) in [4.78, 5) is 20.8. The molecular weight excluding hydrogens is 270 g/mol. The van der Waals surface area contributed by atoms with Crippen molar-refractivity contribution in [2.75, 3.05) is 19.8 Å². The highest BCUT2D eigenvalue weighted by Gasteiger charge is 2.33. The molecule has 2 heterocycles. The Balaban J connectivity index is 1.82. The fraction of sp³-hybridized carbons (Fsp3) is 0.400. The highest BCUT2D eigenvalue weighted by Crippen LogP contribution is 2.21. The summed E-state index contributed by atoms with van der Waals surface area (Å²) < 4.78 is 5.29. The molecule has 6 heteroatoms. The lowest BCUT2D eigenvalue weighted by atomic mass is 9.90. The monoisotopic (exact) mass is 287 g/mol. The van der Waals surface area contributed by atoms with Gasteiger partial charge in [0.05, 0.1) is 23.2 Å². The van der Waals surface area contributed by atoms with Crippen molar-refractivity contribution in [3.63, 3.8) is 0 Å². The Kier molecular flexibility index (Phi) is 3.81. The van der Waals surface area contributed by atoms with Gasteiger partial charge in [-0.3, -0.25) is 14.8 Å². The molecule has 3 rings (SSSR count). The van der Waals surface area contributed by atoms with Crippen LogP contribution in [0.4, 0.5) is 0 Å². The summed E-state index contributed by atoms with van der Waals surface area (Å²) in [6, 6.07) is 5.20. The minimum atomic E-state index is -0.591. The van der Waals surface area contributed by atoms with E-state index in [4.69, 9.17) is 4.74 Å². The highest BCUT2D eigenvalue weighted by atomic mass is 16.5. The van der Waals surface area contributed by atoms with Gasteiger partial charge < -0.3 is 15.2 Å². The predicted molar refractivity (Wildman–Crippen MR) is 76.9 cm³/mol. The third-order valence-corrected chi connectivity index (χ3v) is 3.86. The maximum absolute atomic E-state index is 12.4. The SMILES string of the molecule is O=C(NC1(CO)CCOCC1)c1ccc2nccnc2c1. The number of amides is 1. The summed E-state index contributed by atoms with van der Waals surface area (Å²) in [5, 5.41) is 12.6. The molecule has 1 aromatic carbocycles. The normalized spacial score (nSPS) is 17.6. The van der Waals surface area contributed by atoms with Crippen molar-refractivity contribution in [1.29, 1.82) is 0 Å². The fourth-order valence-electron chi connectivity index (χ4n) is 2.50. The van der Waals surface area contributed by atoms with Crippen LogP contribution in [0, 0.1) is 0 Å². The van der Waals surface area contributed by atoms with E-state index in [0.29, 0.717) is 37.1 Å². The number of hydrogen-bond donors (Lipinski definition) is 2. The fourth-order valence-corrected chi connectivity index (χ4v) is 2.50. The van der Waals surface area contributed by atoms with E-state index in [1.807, 2.05) is 0 Å². The molecule has 6 nitrogen and oxygen atoms in total. The van der Waals surface area contributed by atoms with Gasteiger partial charge in [0.2, 0.25) is 0 Å². The molecule has 0 aliphatic carbocycles. The Morgan fingerprint density at radius 2 is 1.95 bits per heavy atom. The standard InChI is InChI=1S/C15H17N3O3/c19-10-15(3-7-21-8-4-15)18-14(20)11-1-2-12-13(9-11)17-6-5-16-12/h1-2,5-6,9,19H,3-4,7-8,10H2,(H,18,20). The minimum Gasteiger partial charge on any atom is -0.394 e. The summed E-state index contributed by atoms with van der Waals surface area (Å²) >= 11 is 0. The number of carbonyl (C=O) groups excluding carboxylic acids is 1. The molecule has 1 aliphatic rings. The van der Waals surface area contributed by atoms with Crippen molar-refractivity contribution in [2.45, 2.75) is 18.4 Å². The average Bonchev–Trinajstić information content (AvgIpc) is 2.55. The topological polar surface area (TPSA) is 84.3 Å². The number of hydrogen-bond acceptors (Lipinski definition) is 5. The molecule has 1 saturated heterocycles. The Labute approximate surface area is 122 Å². The van der Waals surface area contributed by atoms with Gasteiger partial charge >= 0.3 is 0 Å². The summed E-state index contributed by atoms with van der Waals surface area (Å²) in [5.74, 6) is -0.210. The molecule has 1 fully saturated rings. The first-order chi connectivity index (χ1) is 10.2. The van der Waals surface area contributed by atoms with E-state index in [1.54, 1.807) is 30.6 Å². The molecule has 1 aliphatic heterocycles. The Morgan fingerprint density at radius 3 is 2.67 bits per heavy atom. The molecule has 0 spiro atoms. The molecule has 0 saturated carbocycles.